The van der Waals surface area contributed by atoms with Crippen LogP contribution in [0.5, 0.6) is 5.75 Å². The zero-order valence-corrected chi connectivity index (χ0v) is 15.4. The number of hydrogen-bond acceptors (Lipinski definition) is 3. The quantitative estimate of drug-likeness (QED) is 0.776. The van der Waals surface area contributed by atoms with Gasteiger partial charge in [0.2, 0.25) is 12.3 Å². The van der Waals surface area contributed by atoms with Crippen LogP contribution in [0.3, 0.4) is 0 Å². The van der Waals surface area contributed by atoms with E-state index in [1.165, 1.54) is 0 Å². The molecule has 5 heteroatoms. The molecule has 1 unspecified atom stereocenters. The first-order chi connectivity index (χ1) is 12.5. The number of para-hydroxylation sites is 2. The molecule has 136 valence electrons. The Bertz CT molecular complexity index is 819. The number of anilines is 2. The first kappa shape index (κ1) is 18.0. The minimum absolute atomic E-state index is 0.00589. The summed E-state index contributed by atoms with van der Waals surface area (Å²) in [4.78, 5) is 27.7. The maximum absolute atomic E-state index is 12.9. The molecule has 0 radical (unpaired) electrons. The number of carbonyl (C=O) groups is 2. The molecule has 1 heterocycles. The van der Waals surface area contributed by atoms with Gasteiger partial charge in [-0.25, -0.2) is 0 Å². The Morgan fingerprint density at radius 2 is 1.88 bits per heavy atom. The van der Waals surface area contributed by atoms with Crippen LogP contribution >= 0.6 is 0 Å². The lowest BCUT2D eigenvalue weighted by molar-refractivity contribution is -0.121. The first-order valence-electron chi connectivity index (χ1n) is 8.83. The molecule has 1 aliphatic rings. The van der Waals surface area contributed by atoms with Crippen molar-refractivity contribution in [2.75, 3.05) is 29.5 Å². The zero-order valence-electron chi connectivity index (χ0n) is 15.4. The summed E-state index contributed by atoms with van der Waals surface area (Å²) >= 11 is 0. The monoisotopic (exact) mass is 352 g/mol. The minimum atomic E-state index is -0.270. The fourth-order valence-corrected chi connectivity index (χ4v) is 3.23. The van der Waals surface area contributed by atoms with Gasteiger partial charge in [-0.3, -0.25) is 9.59 Å². The summed E-state index contributed by atoms with van der Waals surface area (Å²) in [5.74, 6) is 0.572. The molecule has 3 rings (SSSR count). The van der Waals surface area contributed by atoms with E-state index in [0.717, 1.165) is 34.7 Å². The van der Waals surface area contributed by atoms with Crippen LogP contribution in [0.25, 0.3) is 0 Å². The number of rotatable bonds is 5. The third-order valence-corrected chi connectivity index (χ3v) is 4.68. The summed E-state index contributed by atoms with van der Waals surface area (Å²) < 4.78 is 5.94. The van der Waals surface area contributed by atoms with E-state index in [4.69, 9.17) is 4.74 Å². The van der Waals surface area contributed by atoms with E-state index in [2.05, 4.69) is 0 Å². The molecule has 0 aliphatic carbocycles. The van der Waals surface area contributed by atoms with Crippen LogP contribution in [-0.4, -0.2) is 32.0 Å². The summed E-state index contributed by atoms with van der Waals surface area (Å²) in [5, 5.41) is 0. The lowest BCUT2D eigenvalue weighted by Gasteiger charge is -2.24. The van der Waals surface area contributed by atoms with Crippen LogP contribution in [0.1, 0.15) is 18.1 Å². The van der Waals surface area contributed by atoms with Crippen LogP contribution in [0.2, 0.25) is 0 Å². The summed E-state index contributed by atoms with van der Waals surface area (Å²) in [6.45, 7) is 7.08. The highest BCUT2D eigenvalue weighted by molar-refractivity contribution is 6.02. The van der Waals surface area contributed by atoms with E-state index in [-0.39, 0.29) is 11.8 Å². The number of fused-ring (bicyclic) bond motifs is 1. The Kier molecular flexibility index (Phi) is 5.26. The SMILES string of the molecule is Cc1ccc(C)c(OCCN2C(=O)C(C)CN(C=O)c3ccccc32)c1. The summed E-state index contributed by atoms with van der Waals surface area (Å²) in [6, 6.07) is 13.6. The minimum Gasteiger partial charge on any atom is -0.491 e. The normalized spacial score (nSPS) is 16.9. The van der Waals surface area contributed by atoms with Gasteiger partial charge in [0.25, 0.3) is 0 Å². The van der Waals surface area contributed by atoms with E-state index in [1.54, 1.807) is 9.80 Å². The van der Waals surface area contributed by atoms with Gasteiger partial charge in [0.1, 0.15) is 12.4 Å². The highest BCUT2D eigenvalue weighted by atomic mass is 16.5. The molecule has 2 aromatic rings. The second kappa shape index (κ2) is 7.60. The lowest BCUT2D eigenvalue weighted by atomic mass is 10.1. The Balaban J connectivity index is 1.81. The second-order valence-corrected chi connectivity index (χ2v) is 6.75. The van der Waals surface area contributed by atoms with E-state index in [0.29, 0.717) is 19.7 Å². The number of carbonyl (C=O) groups excluding carboxylic acids is 2. The van der Waals surface area contributed by atoms with Crippen molar-refractivity contribution in [3.05, 3.63) is 53.6 Å². The third kappa shape index (κ3) is 3.57. The number of nitrogens with zero attached hydrogens (tertiary/aromatic N) is 2. The molecule has 5 nitrogen and oxygen atoms in total. The molecule has 2 amide bonds. The molecule has 26 heavy (non-hydrogen) atoms. The summed E-state index contributed by atoms with van der Waals surface area (Å²) in [7, 11) is 0. The van der Waals surface area contributed by atoms with Crippen molar-refractivity contribution >= 4 is 23.7 Å². The maximum Gasteiger partial charge on any atom is 0.231 e. The van der Waals surface area contributed by atoms with Crippen molar-refractivity contribution in [1.29, 1.82) is 0 Å². The van der Waals surface area contributed by atoms with Gasteiger partial charge in [-0.2, -0.15) is 0 Å². The number of benzene rings is 2. The average molecular weight is 352 g/mol. The number of ether oxygens (including phenoxy) is 1. The van der Waals surface area contributed by atoms with Crippen molar-refractivity contribution in [3.63, 3.8) is 0 Å². The standard InChI is InChI=1S/C21H24N2O3/c1-15-8-9-16(2)20(12-15)26-11-10-23-19-7-5-4-6-18(19)22(14-24)13-17(3)21(23)25/h4-9,12,14,17H,10-11,13H2,1-3H3. The molecule has 0 aromatic heterocycles. The van der Waals surface area contributed by atoms with Gasteiger partial charge in [-0.1, -0.05) is 31.2 Å². The number of hydrogen-bond donors (Lipinski definition) is 0. The largest absolute Gasteiger partial charge is 0.491 e. The second-order valence-electron chi connectivity index (χ2n) is 6.75. The van der Waals surface area contributed by atoms with Crippen molar-refractivity contribution < 1.29 is 14.3 Å². The summed E-state index contributed by atoms with van der Waals surface area (Å²) in [6.07, 6.45) is 0.790. The molecule has 0 spiro atoms. The average Bonchev–Trinajstić information content (AvgIpc) is 2.74. The van der Waals surface area contributed by atoms with Crippen LogP contribution < -0.4 is 14.5 Å². The smallest absolute Gasteiger partial charge is 0.231 e. The molecule has 2 aromatic carbocycles. The Morgan fingerprint density at radius 3 is 2.62 bits per heavy atom. The van der Waals surface area contributed by atoms with Crippen molar-refractivity contribution in [3.8, 4) is 5.75 Å². The molecule has 0 bridgehead atoms. The van der Waals surface area contributed by atoms with E-state index in [1.807, 2.05) is 63.2 Å². The van der Waals surface area contributed by atoms with Gasteiger partial charge < -0.3 is 14.5 Å². The highest BCUT2D eigenvalue weighted by Crippen LogP contribution is 2.33. The highest BCUT2D eigenvalue weighted by Gasteiger charge is 2.30. The summed E-state index contributed by atoms with van der Waals surface area (Å²) in [5.41, 5.74) is 3.71. The fraction of sp³-hybridized carbons (Fsp3) is 0.333. The Hall–Kier alpha value is -2.82. The van der Waals surface area contributed by atoms with Gasteiger partial charge in [-0.15, -0.1) is 0 Å². The number of amides is 2. The van der Waals surface area contributed by atoms with Crippen molar-refractivity contribution in [2.45, 2.75) is 20.8 Å². The topological polar surface area (TPSA) is 49.9 Å². The van der Waals surface area contributed by atoms with E-state index < -0.39 is 0 Å². The molecule has 0 saturated heterocycles. The van der Waals surface area contributed by atoms with Gasteiger partial charge in [0.05, 0.1) is 23.8 Å². The lowest BCUT2D eigenvalue weighted by Crippen LogP contribution is -2.38. The molecule has 1 aliphatic heterocycles. The third-order valence-electron chi connectivity index (χ3n) is 4.68. The van der Waals surface area contributed by atoms with Crippen LogP contribution in [0.15, 0.2) is 42.5 Å². The fourth-order valence-electron chi connectivity index (χ4n) is 3.23. The van der Waals surface area contributed by atoms with E-state index >= 15 is 0 Å². The van der Waals surface area contributed by atoms with Crippen LogP contribution in [0, 0.1) is 19.8 Å². The molecule has 0 N–H and O–H groups in total. The molecule has 0 saturated carbocycles. The van der Waals surface area contributed by atoms with Gasteiger partial charge in [0.15, 0.2) is 0 Å². The predicted molar refractivity (Wildman–Crippen MR) is 103 cm³/mol. The predicted octanol–water partition coefficient (Wildman–Crippen LogP) is 3.33. The molecular formula is C21H24N2O3. The van der Waals surface area contributed by atoms with Crippen molar-refractivity contribution in [1.82, 2.24) is 0 Å². The van der Waals surface area contributed by atoms with Crippen LogP contribution in [0.4, 0.5) is 11.4 Å². The number of aryl methyl sites for hydroxylation is 2. The maximum atomic E-state index is 12.9. The zero-order chi connectivity index (χ0) is 18.7. The van der Waals surface area contributed by atoms with Gasteiger partial charge >= 0.3 is 0 Å². The Morgan fingerprint density at radius 1 is 1.15 bits per heavy atom. The Labute approximate surface area is 154 Å². The molecule has 0 fully saturated rings. The molecule has 1 atom stereocenters. The van der Waals surface area contributed by atoms with Crippen molar-refractivity contribution in [2.24, 2.45) is 5.92 Å². The van der Waals surface area contributed by atoms with Crippen LogP contribution in [-0.2, 0) is 9.59 Å². The van der Waals surface area contributed by atoms with Gasteiger partial charge in [0, 0.05) is 6.54 Å². The van der Waals surface area contributed by atoms with E-state index in [9.17, 15) is 9.59 Å². The molecular weight excluding hydrogens is 328 g/mol. The first-order valence-corrected chi connectivity index (χ1v) is 8.83. The van der Waals surface area contributed by atoms with Gasteiger partial charge in [-0.05, 0) is 43.2 Å².